The minimum atomic E-state index is -3.55. The van der Waals surface area contributed by atoms with Crippen LogP contribution in [-0.2, 0) is 15.6 Å². The van der Waals surface area contributed by atoms with Crippen molar-refractivity contribution in [1.82, 2.24) is 0 Å². The van der Waals surface area contributed by atoms with Crippen molar-refractivity contribution in [2.45, 2.75) is 10.6 Å². The highest BCUT2D eigenvalue weighted by atomic mass is 79.9. The SMILES string of the molecule is O=C(O)c1sccc1CS(=O)(=O)c1cccc(Br)c1. The molecule has 0 aliphatic heterocycles. The van der Waals surface area contributed by atoms with E-state index in [-0.39, 0.29) is 15.5 Å². The van der Waals surface area contributed by atoms with Crippen LogP contribution in [0.5, 0.6) is 0 Å². The molecule has 0 amide bonds. The Morgan fingerprint density at radius 2 is 2.05 bits per heavy atom. The Kier molecular flexibility index (Phi) is 4.07. The van der Waals surface area contributed by atoms with E-state index < -0.39 is 15.8 Å². The third-order valence-corrected chi connectivity index (χ3v) is 5.54. The van der Waals surface area contributed by atoms with Gasteiger partial charge in [0.05, 0.1) is 10.6 Å². The topological polar surface area (TPSA) is 71.4 Å². The molecule has 0 radical (unpaired) electrons. The fourth-order valence-corrected chi connectivity index (χ4v) is 4.40. The first kappa shape index (κ1) is 14.2. The maximum Gasteiger partial charge on any atom is 0.346 e. The molecule has 19 heavy (non-hydrogen) atoms. The Morgan fingerprint density at radius 3 is 2.68 bits per heavy atom. The first-order valence-electron chi connectivity index (χ1n) is 5.18. The Labute approximate surface area is 122 Å². The lowest BCUT2D eigenvalue weighted by Gasteiger charge is -2.04. The summed E-state index contributed by atoms with van der Waals surface area (Å²) in [4.78, 5) is 11.2. The fraction of sp³-hybridized carbons (Fsp3) is 0.0833. The second kappa shape index (κ2) is 5.44. The second-order valence-corrected chi connectivity index (χ2v) is 7.62. The van der Waals surface area contributed by atoms with E-state index in [0.717, 1.165) is 11.3 Å². The van der Waals surface area contributed by atoms with E-state index in [0.29, 0.717) is 10.0 Å². The zero-order valence-electron chi connectivity index (χ0n) is 9.54. The van der Waals surface area contributed by atoms with E-state index in [1.165, 1.54) is 18.2 Å². The van der Waals surface area contributed by atoms with Gasteiger partial charge in [-0.05, 0) is 35.2 Å². The lowest BCUT2D eigenvalue weighted by molar-refractivity contribution is 0.0701. The van der Waals surface area contributed by atoms with Crippen LogP contribution >= 0.6 is 27.3 Å². The molecule has 0 spiro atoms. The van der Waals surface area contributed by atoms with Crippen LogP contribution in [0.4, 0.5) is 0 Å². The molecule has 7 heteroatoms. The summed E-state index contributed by atoms with van der Waals surface area (Å²) in [7, 11) is -3.55. The van der Waals surface area contributed by atoms with Gasteiger partial charge < -0.3 is 5.11 Å². The van der Waals surface area contributed by atoms with Crippen molar-refractivity contribution in [3.8, 4) is 0 Å². The quantitative estimate of drug-likeness (QED) is 0.908. The van der Waals surface area contributed by atoms with Gasteiger partial charge in [-0.2, -0.15) is 0 Å². The predicted octanol–water partition coefficient (Wildman–Crippen LogP) is 3.18. The summed E-state index contributed by atoms with van der Waals surface area (Å²) in [6, 6.07) is 7.88. The minimum Gasteiger partial charge on any atom is -0.477 e. The molecular weight excluding hydrogens is 352 g/mol. The number of carbonyl (C=O) groups is 1. The van der Waals surface area contributed by atoms with Crippen molar-refractivity contribution in [2.24, 2.45) is 0 Å². The maximum atomic E-state index is 12.2. The maximum absolute atomic E-state index is 12.2. The molecule has 1 heterocycles. The number of hydrogen-bond donors (Lipinski definition) is 1. The molecular formula is C12H9BrO4S2. The molecule has 4 nitrogen and oxygen atoms in total. The molecule has 0 atom stereocenters. The smallest absolute Gasteiger partial charge is 0.346 e. The van der Waals surface area contributed by atoms with Crippen LogP contribution in [0.3, 0.4) is 0 Å². The first-order valence-corrected chi connectivity index (χ1v) is 8.50. The van der Waals surface area contributed by atoms with Crippen molar-refractivity contribution in [3.63, 3.8) is 0 Å². The molecule has 100 valence electrons. The number of carboxylic acid groups (broad SMARTS) is 1. The van der Waals surface area contributed by atoms with Gasteiger partial charge in [0.2, 0.25) is 0 Å². The van der Waals surface area contributed by atoms with Crippen LogP contribution in [0.15, 0.2) is 45.1 Å². The molecule has 0 saturated heterocycles. The van der Waals surface area contributed by atoms with Crippen LogP contribution in [0.2, 0.25) is 0 Å². The number of carboxylic acids is 1. The molecule has 2 rings (SSSR count). The summed E-state index contributed by atoms with van der Waals surface area (Å²) in [5, 5.41) is 10.6. The van der Waals surface area contributed by atoms with E-state index >= 15 is 0 Å². The Morgan fingerprint density at radius 1 is 1.32 bits per heavy atom. The number of halogens is 1. The average Bonchev–Trinajstić information content (AvgIpc) is 2.76. The minimum absolute atomic E-state index is 0.0681. The van der Waals surface area contributed by atoms with Gasteiger partial charge in [0.1, 0.15) is 4.88 Å². The largest absolute Gasteiger partial charge is 0.477 e. The van der Waals surface area contributed by atoms with Crippen molar-refractivity contribution in [1.29, 1.82) is 0 Å². The summed E-state index contributed by atoms with van der Waals surface area (Å²) >= 11 is 4.24. The van der Waals surface area contributed by atoms with Gasteiger partial charge in [0.25, 0.3) is 0 Å². The first-order chi connectivity index (χ1) is 8.90. The normalized spacial score (nSPS) is 11.4. The molecule has 1 aromatic carbocycles. The highest BCUT2D eigenvalue weighted by Gasteiger charge is 2.20. The van der Waals surface area contributed by atoms with Gasteiger partial charge in [-0.25, -0.2) is 13.2 Å². The van der Waals surface area contributed by atoms with Crippen molar-refractivity contribution in [2.75, 3.05) is 0 Å². The van der Waals surface area contributed by atoms with E-state index in [9.17, 15) is 13.2 Å². The second-order valence-electron chi connectivity index (χ2n) is 3.80. The van der Waals surface area contributed by atoms with E-state index in [4.69, 9.17) is 5.11 Å². The summed E-state index contributed by atoms with van der Waals surface area (Å²) in [5.74, 6) is -1.41. The van der Waals surface area contributed by atoms with Crippen LogP contribution in [0.1, 0.15) is 15.2 Å². The Bertz CT molecular complexity index is 719. The van der Waals surface area contributed by atoms with Crippen molar-refractivity contribution < 1.29 is 18.3 Å². The molecule has 1 aromatic heterocycles. The van der Waals surface area contributed by atoms with E-state index in [1.807, 2.05) is 0 Å². The number of aromatic carboxylic acids is 1. The third kappa shape index (κ3) is 3.23. The lowest BCUT2D eigenvalue weighted by Crippen LogP contribution is -2.07. The third-order valence-electron chi connectivity index (χ3n) is 2.44. The van der Waals surface area contributed by atoms with Crippen LogP contribution in [0, 0.1) is 0 Å². The van der Waals surface area contributed by atoms with Crippen LogP contribution < -0.4 is 0 Å². The number of benzene rings is 1. The molecule has 0 saturated carbocycles. The summed E-state index contributed by atoms with van der Waals surface area (Å²) in [6.45, 7) is 0. The number of rotatable bonds is 4. The van der Waals surface area contributed by atoms with Gasteiger partial charge in [0.15, 0.2) is 9.84 Å². The van der Waals surface area contributed by atoms with Gasteiger partial charge >= 0.3 is 5.97 Å². The molecule has 0 aliphatic rings. The molecule has 0 aliphatic carbocycles. The van der Waals surface area contributed by atoms with Crippen LogP contribution in [0.25, 0.3) is 0 Å². The summed E-state index contributed by atoms with van der Waals surface area (Å²) in [6.07, 6.45) is 0. The monoisotopic (exact) mass is 360 g/mol. The van der Waals surface area contributed by atoms with Crippen LogP contribution in [-0.4, -0.2) is 19.5 Å². The number of hydrogen-bond acceptors (Lipinski definition) is 4. The molecule has 2 aromatic rings. The highest BCUT2D eigenvalue weighted by Crippen LogP contribution is 2.24. The van der Waals surface area contributed by atoms with E-state index in [1.54, 1.807) is 17.5 Å². The molecule has 1 N–H and O–H groups in total. The highest BCUT2D eigenvalue weighted by molar-refractivity contribution is 9.10. The Hall–Kier alpha value is -1.18. The van der Waals surface area contributed by atoms with Gasteiger partial charge in [0, 0.05) is 4.47 Å². The summed E-state index contributed by atoms with van der Waals surface area (Å²) < 4.78 is 25.1. The van der Waals surface area contributed by atoms with Gasteiger partial charge in [-0.1, -0.05) is 22.0 Å². The Balaban J connectivity index is 2.37. The predicted molar refractivity (Wildman–Crippen MR) is 76.3 cm³/mol. The van der Waals surface area contributed by atoms with Gasteiger partial charge in [-0.15, -0.1) is 11.3 Å². The average molecular weight is 361 g/mol. The van der Waals surface area contributed by atoms with E-state index in [2.05, 4.69) is 15.9 Å². The molecule has 0 unspecified atom stereocenters. The lowest BCUT2D eigenvalue weighted by atomic mass is 10.3. The molecule has 0 bridgehead atoms. The zero-order chi connectivity index (χ0) is 14.0. The van der Waals surface area contributed by atoms with Crippen molar-refractivity contribution in [3.05, 3.63) is 50.6 Å². The zero-order valence-corrected chi connectivity index (χ0v) is 12.8. The number of thiophene rings is 1. The van der Waals surface area contributed by atoms with Gasteiger partial charge in [-0.3, -0.25) is 0 Å². The standard InChI is InChI=1S/C12H9BrO4S2/c13-9-2-1-3-10(6-9)19(16,17)7-8-4-5-18-11(8)12(14)15/h1-6H,7H2,(H,14,15). The molecule has 0 fully saturated rings. The van der Waals surface area contributed by atoms with Crippen molar-refractivity contribution >= 4 is 43.1 Å². The summed E-state index contributed by atoms with van der Waals surface area (Å²) in [5.41, 5.74) is 0.317. The number of sulfone groups is 1. The fourth-order valence-electron chi connectivity index (χ4n) is 1.59.